The molecule has 80 heavy (non-hydrogen) atoms. The Bertz CT molecular complexity index is 2250. The molecule has 448 valence electrons. The molecule has 0 aromatic heterocycles. The number of hydrogen-bond acceptors (Lipinski definition) is 20. The summed E-state index contributed by atoms with van der Waals surface area (Å²) in [6, 6.07) is 5.76. The highest BCUT2D eigenvalue weighted by atomic mass is 16.7. The van der Waals surface area contributed by atoms with Gasteiger partial charge in [-0.25, -0.2) is 0 Å². The molecule has 15 unspecified atom stereocenters. The number of aliphatic hydroxyl groups is 11. The van der Waals surface area contributed by atoms with Crippen LogP contribution in [0.15, 0.2) is 109 Å². The standard InChI is InChI=1S/C59H88N2O19/c1-35-17-15-13-11-9-7-5-6-8-10-12-14-16-18-47(78-58-55(73)53(60)54(72)37(3)77-58)32-50-52(57(74)75)49(70)34-59(76,80-50)33-46(68)29-44(66)27-42(64)25-41(63)26-43(65)28-45(67)31-51(71)79-56(35)36(2)19-24-40(62)30-48(69)38-20-22-39(61-4)23-21-38/h5-18,20-23,35-37,40-47,49-50,52-56,58,61-68,70,72-73,76H,19,24-34,60H2,1-4H3,(H,74,75)/b6-5-,9-7-,10-8-,13-11-,14-12-,17-15-,18-16-/t35?,36?,37-,40?,41?,42?,43?,44?,45?,46?,47?,49?,50?,52?,53+,54-,55+,56?,58+,59?/m1/s1. The number of fused-ring (bicyclic) bond motifs is 2. The molecule has 0 amide bonds. The highest BCUT2D eigenvalue weighted by Crippen LogP contribution is 2.38. The fraction of sp³-hybridized carbons (Fsp3) is 0.610. The van der Waals surface area contributed by atoms with Gasteiger partial charge < -0.3 is 91.3 Å². The van der Waals surface area contributed by atoms with E-state index >= 15 is 0 Å². The van der Waals surface area contributed by atoms with Gasteiger partial charge in [-0.2, -0.15) is 0 Å². The highest BCUT2D eigenvalue weighted by molar-refractivity contribution is 5.96. The Hall–Kier alpha value is -4.79. The van der Waals surface area contributed by atoms with E-state index in [9.17, 15) is 75.7 Å². The van der Waals surface area contributed by atoms with Gasteiger partial charge in [0.1, 0.15) is 18.1 Å². The quantitative estimate of drug-likeness (QED) is 0.112. The summed E-state index contributed by atoms with van der Waals surface area (Å²) >= 11 is 0. The van der Waals surface area contributed by atoms with Crippen LogP contribution in [0.4, 0.5) is 5.69 Å². The lowest BCUT2D eigenvalue weighted by atomic mass is 9.82. The van der Waals surface area contributed by atoms with Crippen molar-refractivity contribution in [3.8, 4) is 0 Å². The fourth-order valence-electron chi connectivity index (χ4n) is 10.2. The molecule has 21 heteroatoms. The van der Waals surface area contributed by atoms with Crippen LogP contribution in [-0.2, 0) is 28.5 Å². The first kappa shape index (κ1) is 67.7. The number of rotatable bonds is 11. The summed E-state index contributed by atoms with van der Waals surface area (Å²) < 4.78 is 23.7. The average molecular weight is 1130 g/mol. The molecule has 2 bridgehead atoms. The van der Waals surface area contributed by atoms with Gasteiger partial charge in [0.25, 0.3) is 0 Å². The SMILES string of the molecule is CNc1ccc(C(=O)CC(O)CCC(C)C2OC(=O)CC(O)CC(O)CC(O)CC(O)CC(O)CC(O)CC3(O)CC(O)C(C(=O)O)C(CC(O[C@@H]4O[C@H](C)[C@@H](O)[C@H](N)[C@@H]4O)\C=C/C=C\C=C/C=C\C=C/C=C\C=C/C2C)O3)cc1. The Morgan fingerprint density at radius 2 is 1.23 bits per heavy atom. The van der Waals surface area contributed by atoms with Crippen molar-refractivity contribution in [2.24, 2.45) is 23.5 Å². The average Bonchev–Trinajstić information content (AvgIpc) is 3.48. The number of allylic oxidation sites excluding steroid dienone is 12. The van der Waals surface area contributed by atoms with E-state index in [0.29, 0.717) is 12.0 Å². The molecule has 0 saturated carbocycles. The molecule has 21 nitrogen and oxygen atoms in total. The van der Waals surface area contributed by atoms with Crippen LogP contribution in [0.5, 0.6) is 0 Å². The maximum absolute atomic E-state index is 13.4. The Balaban J connectivity index is 1.53. The smallest absolute Gasteiger partial charge is 0.311 e. The van der Waals surface area contributed by atoms with E-state index in [1.54, 1.807) is 104 Å². The summed E-state index contributed by atoms with van der Waals surface area (Å²) in [7, 11) is 1.77. The highest BCUT2D eigenvalue weighted by Gasteiger charge is 2.51. The number of carboxylic acid groups (broad SMARTS) is 1. The van der Waals surface area contributed by atoms with Crippen LogP contribution in [0.3, 0.4) is 0 Å². The third kappa shape index (κ3) is 23.2. The summed E-state index contributed by atoms with van der Waals surface area (Å²) in [6.45, 7) is 5.25. The van der Waals surface area contributed by atoms with Crippen LogP contribution >= 0.6 is 0 Å². The molecule has 3 aliphatic heterocycles. The second-order valence-corrected chi connectivity index (χ2v) is 21.6. The monoisotopic (exact) mass is 1130 g/mol. The van der Waals surface area contributed by atoms with Crippen molar-refractivity contribution in [1.82, 2.24) is 0 Å². The van der Waals surface area contributed by atoms with Crippen molar-refractivity contribution in [2.45, 2.75) is 201 Å². The zero-order valence-corrected chi connectivity index (χ0v) is 46.1. The normalized spacial score (nSPS) is 39.0. The summed E-state index contributed by atoms with van der Waals surface area (Å²) in [5, 5.41) is 133. The minimum atomic E-state index is -2.33. The fourth-order valence-corrected chi connectivity index (χ4v) is 10.2. The summed E-state index contributed by atoms with van der Waals surface area (Å²) in [5.41, 5.74) is 7.36. The number of benzene rings is 1. The van der Waals surface area contributed by atoms with Crippen molar-refractivity contribution >= 4 is 23.4 Å². The number of aliphatic carboxylic acids is 1. The molecule has 3 heterocycles. The number of carbonyl (C=O) groups is 3. The van der Waals surface area contributed by atoms with Crippen molar-refractivity contribution in [1.29, 1.82) is 0 Å². The number of carboxylic acids is 1. The maximum Gasteiger partial charge on any atom is 0.311 e. The van der Waals surface area contributed by atoms with E-state index in [1.165, 1.54) is 13.0 Å². The predicted molar refractivity (Wildman–Crippen MR) is 296 cm³/mol. The largest absolute Gasteiger partial charge is 0.481 e. The number of esters is 1. The van der Waals surface area contributed by atoms with Crippen LogP contribution < -0.4 is 11.1 Å². The molecule has 0 radical (unpaired) electrons. The lowest BCUT2D eigenvalue weighted by Crippen LogP contribution is -2.61. The van der Waals surface area contributed by atoms with E-state index in [-0.39, 0.29) is 62.6 Å². The molecule has 2 saturated heterocycles. The molecule has 4 rings (SSSR count). The second-order valence-electron chi connectivity index (χ2n) is 21.6. The summed E-state index contributed by atoms with van der Waals surface area (Å²) in [4.78, 5) is 38.8. The van der Waals surface area contributed by atoms with Gasteiger partial charge in [0.15, 0.2) is 17.9 Å². The zero-order chi connectivity index (χ0) is 59.1. The van der Waals surface area contributed by atoms with Gasteiger partial charge in [-0.3, -0.25) is 14.4 Å². The molecular formula is C59H88N2O19. The van der Waals surface area contributed by atoms with Gasteiger partial charge in [-0.1, -0.05) is 98.9 Å². The van der Waals surface area contributed by atoms with Gasteiger partial charge in [-0.05, 0) is 82.1 Å². The lowest BCUT2D eigenvalue weighted by Gasteiger charge is -2.45. The van der Waals surface area contributed by atoms with Gasteiger partial charge >= 0.3 is 11.9 Å². The number of aliphatic hydroxyl groups excluding tert-OH is 10. The van der Waals surface area contributed by atoms with E-state index in [4.69, 9.17) is 24.7 Å². The van der Waals surface area contributed by atoms with Crippen molar-refractivity contribution in [3.05, 3.63) is 115 Å². The summed E-state index contributed by atoms with van der Waals surface area (Å²) in [6.07, 6.45) is 1.59. The maximum atomic E-state index is 13.4. The number of nitrogens with two attached hydrogens (primary N) is 1. The number of carbonyl (C=O) groups excluding carboxylic acids is 2. The Labute approximate surface area is 468 Å². The van der Waals surface area contributed by atoms with Gasteiger partial charge in [0, 0.05) is 49.9 Å². The first-order chi connectivity index (χ1) is 37.9. The third-order valence-electron chi connectivity index (χ3n) is 14.5. The Morgan fingerprint density at radius 3 is 1.76 bits per heavy atom. The first-order valence-electron chi connectivity index (χ1n) is 27.6. The molecule has 2 fully saturated rings. The molecule has 3 aliphatic rings. The van der Waals surface area contributed by atoms with Crippen molar-refractivity contribution < 1.29 is 94.6 Å². The van der Waals surface area contributed by atoms with Crippen LogP contribution in [0.2, 0.25) is 0 Å². The van der Waals surface area contributed by atoms with Gasteiger partial charge in [-0.15, -0.1) is 0 Å². The number of anilines is 1. The van der Waals surface area contributed by atoms with Gasteiger partial charge in [0.2, 0.25) is 0 Å². The van der Waals surface area contributed by atoms with Crippen molar-refractivity contribution in [3.63, 3.8) is 0 Å². The predicted octanol–water partition coefficient (Wildman–Crippen LogP) is 2.54. The molecule has 1 aromatic carbocycles. The molecule has 20 atom stereocenters. The molecule has 0 spiro atoms. The number of ketones is 1. The topological polar surface area (TPSA) is 369 Å². The van der Waals surface area contributed by atoms with Crippen LogP contribution in [0.25, 0.3) is 0 Å². The number of hydrogen-bond donors (Lipinski definition) is 14. The van der Waals surface area contributed by atoms with Gasteiger partial charge in [0.05, 0.1) is 85.7 Å². The van der Waals surface area contributed by atoms with Crippen LogP contribution in [0.1, 0.15) is 108 Å². The summed E-state index contributed by atoms with van der Waals surface area (Å²) in [5.74, 6) is -7.02. The van der Waals surface area contributed by atoms with Crippen LogP contribution in [0, 0.1) is 17.8 Å². The molecule has 1 aromatic rings. The van der Waals surface area contributed by atoms with Crippen molar-refractivity contribution in [2.75, 3.05) is 12.4 Å². The van der Waals surface area contributed by atoms with E-state index in [0.717, 1.165) is 5.69 Å². The molecule has 0 aliphatic carbocycles. The van der Waals surface area contributed by atoms with Crippen LogP contribution in [-0.4, -0.2) is 190 Å². The molecule has 15 N–H and O–H groups in total. The minimum absolute atomic E-state index is 0.0974. The first-order valence-corrected chi connectivity index (χ1v) is 27.6. The minimum Gasteiger partial charge on any atom is -0.481 e. The second kappa shape index (κ2) is 34.0. The number of cyclic esters (lactones) is 1. The van der Waals surface area contributed by atoms with E-state index in [2.05, 4.69) is 5.32 Å². The number of ether oxygens (including phenoxy) is 4. The van der Waals surface area contributed by atoms with E-state index in [1.807, 2.05) is 19.9 Å². The lowest BCUT2D eigenvalue weighted by molar-refractivity contribution is -0.308. The third-order valence-corrected chi connectivity index (χ3v) is 14.5. The van der Waals surface area contributed by atoms with E-state index < -0.39 is 147 Å². The molecular weight excluding hydrogens is 1040 g/mol. The Kier molecular flexibility index (Phi) is 28.8. The zero-order valence-electron chi connectivity index (χ0n) is 46.1. The number of Topliss-reactive ketones (excluding diaryl/α,β-unsaturated/α-hetero) is 1. The number of nitrogens with one attached hydrogen (secondary N) is 1. The Morgan fingerprint density at radius 1 is 0.713 bits per heavy atom.